The molecule has 6 heteroatoms. The van der Waals surface area contributed by atoms with Crippen LogP contribution in [0, 0.1) is 6.08 Å². The van der Waals surface area contributed by atoms with Gasteiger partial charge < -0.3 is 4.74 Å². The molecule has 0 aromatic carbocycles. The molecule has 10 heavy (non-hydrogen) atoms. The van der Waals surface area contributed by atoms with Crippen molar-refractivity contribution < 1.29 is 22.7 Å². The molecule has 0 aliphatic carbocycles. The number of alkyl halides is 3. The van der Waals surface area contributed by atoms with Crippen LogP contribution in [0.25, 0.3) is 0 Å². The summed E-state index contributed by atoms with van der Waals surface area (Å²) >= 11 is 0. The minimum absolute atomic E-state index is 0.0363. The van der Waals surface area contributed by atoms with Crippen molar-refractivity contribution in [3.63, 3.8) is 0 Å². The second-order valence-corrected chi connectivity index (χ2v) is 1.44. The van der Waals surface area contributed by atoms with E-state index in [4.69, 9.17) is 0 Å². The van der Waals surface area contributed by atoms with Gasteiger partial charge in [0.2, 0.25) is 5.88 Å². The molecule has 57 valence electrons. The topological polar surface area (TPSA) is 30.5 Å². The smallest absolute Gasteiger partial charge is 0.388 e. The van der Waals surface area contributed by atoms with Crippen LogP contribution in [0.4, 0.5) is 13.2 Å². The number of ether oxygens (including phenoxy) is 1. The van der Waals surface area contributed by atoms with Crippen molar-refractivity contribution in [3.05, 3.63) is 12.0 Å². The van der Waals surface area contributed by atoms with Crippen molar-refractivity contribution in [2.75, 3.05) is 6.61 Å². The van der Waals surface area contributed by atoms with Crippen molar-refractivity contribution in [2.24, 2.45) is 0 Å². The Kier molecular flexibility index (Phi) is 1.71. The van der Waals surface area contributed by atoms with Gasteiger partial charge in [-0.05, 0) is 0 Å². The maximum Gasteiger partial charge on any atom is 0.574 e. The van der Waals surface area contributed by atoms with E-state index in [2.05, 4.69) is 15.7 Å². The minimum atomic E-state index is -4.68. The molecule has 0 amide bonds. The molecule has 0 saturated carbocycles. The summed E-state index contributed by atoms with van der Waals surface area (Å²) in [5.74, 6) is -0.535. The lowest BCUT2D eigenvalue weighted by Crippen LogP contribution is -2.18. The van der Waals surface area contributed by atoms with Crippen LogP contribution in [0.1, 0.15) is 0 Å². The molecule has 0 fully saturated rings. The Morgan fingerprint density at radius 2 is 2.30 bits per heavy atom. The lowest BCUT2D eigenvalue weighted by molar-refractivity contribution is -0.310. The van der Waals surface area contributed by atoms with E-state index < -0.39 is 12.2 Å². The maximum absolute atomic E-state index is 11.3. The van der Waals surface area contributed by atoms with Crippen LogP contribution < -0.4 is 5.48 Å². The number of hydroxylamine groups is 1. The average Bonchev–Trinajstić information content (AvgIpc) is 2.12. The van der Waals surface area contributed by atoms with Crippen molar-refractivity contribution >= 4 is 0 Å². The molecule has 0 saturated heterocycles. The second-order valence-electron chi connectivity index (χ2n) is 1.44. The highest BCUT2D eigenvalue weighted by Crippen LogP contribution is 2.20. The van der Waals surface area contributed by atoms with Crippen LogP contribution in [0.5, 0.6) is 0 Å². The Bertz CT molecular complexity index is 153. The first-order valence-corrected chi connectivity index (χ1v) is 2.32. The summed E-state index contributed by atoms with van der Waals surface area (Å²) in [5, 5.41) is 0. The average molecular weight is 154 g/mol. The van der Waals surface area contributed by atoms with E-state index in [-0.39, 0.29) is 6.61 Å². The van der Waals surface area contributed by atoms with Gasteiger partial charge in [-0.2, -0.15) is 0 Å². The number of nitrogens with one attached hydrogen (secondary N) is 1. The Balaban J connectivity index is 2.38. The summed E-state index contributed by atoms with van der Waals surface area (Å²) in [4.78, 5) is 4.28. The monoisotopic (exact) mass is 154 g/mol. The van der Waals surface area contributed by atoms with Crippen LogP contribution in [-0.4, -0.2) is 13.0 Å². The quantitative estimate of drug-likeness (QED) is 0.603. The van der Waals surface area contributed by atoms with Gasteiger partial charge in [0.25, 0.3) is 0 Å². The molecule has 1 aliphatic rings. The summed E-state index contributed by atoms with van der Waals surface area (Å²) < 4.78 is 37.4. The van der Waals surface area contributed by atoms with Gasteiger partial charge in [0.05, 0.1) is 6.08 Å². The van der Waals surface area contributed by atoms with Crippen LogP contribution in [0.2, 0.25) is 0 Å². The van der Waals surface area contributed by atoms with Crippen molar-refractivity contribution in [1.29, 1.82) is 0 Å². The summed E-state index contributed by atoms with van der Waals surface area (Å²) in [6.45, 7) is -0.0363. The van der Waals surface area contributed by atoms with E-state index in [0.717, 1.165) is 0 Å². The SMILES string of the molecule is FC(F)(F)OC1=[C]CON1. The maximum atomic E-state index is 11.3. The van der Waals surface area contributed by atoms with Crippen LogP contribution >= 0.6 is 0 Å². The molecule has 0 unspecified atom stereocenters. The summed E-state index contributed by atoms with van der Waals surface area (Å²) in [6, 6.07) is 0. The standard InChI is InChI=1S/C4H3F3NO2/c5-4(6,7)10-3-1-2-9-8-3/h8H,2H2. The summed E-state index contributed by atoms with van der Waals surface area (Å²) in [6.07, 6.45) is -2.52. The van der Waals surface area contributed by atoms with E-state index >= 15 is 0 Å². The third kappa shape index (κ3) is 2.14. The minimum Gasteiger partial charge on any atom is -0.388 e. The lowest BCUT2D eigenvalue weighted by atomic mass is 10.6. The highest BCUT2D eigenvalue weighted by atomic mass is 19.4. The second kappa shape index (κ2) is 2.37. The number of hydrogen-bond acceptors (Lipinski definition) is 3. The molecule has 1 aliphatic heterocycles. The zero-order valence-corrected chi connectivity index (χ0v) is 4.66. The molecular weight excluding hydrogens is 151 g/mol. The van der Waals surface area contributed by atoms with Gasteiger partial charge in [-0.3, -0.25) is 4.84 Å². The van der Waals surface area contributed by atoms with Gasteiger partial charge in [-0.1, -0.05) is 0 Å². The highest BCUT2D eigenvalue weighted by Gasteiger charge is 2.33. The van der Waals surface area contributed by atoms with Crippen LogP contribution in [0.3, 0.4) is 0 Å². The molecule has 0 aromatic rings. The van der Waals surface area contributed by atoms with E-state index in [1.165, 1.54) is 0 Å². The van der Waals surface area contributed by atoms with Crippen LogP contribution in [-0.2, 0) is 9.57 Å². The molecule has 1 N–H and O–H groups in total. The first-order chi connectivity index (χ1) is 4.58. The molecule has 1 heterocycles. The lowest BCUT2D eigenvalue weighted by Gasteiger charge is -2.07. The molecule has 1 radical (unpaired) electrons. The summed E-state index contributed by atoms with van der Waals surface area (Å²) in [7, 11) is 0. The molecule has 1 rings (SSSR count). The predicted molar refractivity (Wildman–Crippen MR) is 23.0 cm³/mol. The zero-order chi connectivity index (χ0) is 7.61. The van der Waals surface area contributed by atoms with Crippen molar-refractivity contribution in [2.45, 2.75) is 6.36 Å². The van der Waals surface area contributed by atoms with Gasteiger partial charge in [0, 0.05) is 0 Å². The fourth-order valence-corrected chi connectivity index (χ4v) is 0.412. The van der Waals surface area contributed by atoms with E-state index in [1.807, 2.05) is 5.48 Å². The molecule has 0 bridgehead atoms. The van der Waals surface area contributed by atoms with E-state index in [1.54, 1.807) is 0 Å². The first-order valence-electron chi connectivity index (χ1n) is 2.32. The number of rotatable bonds is 1. The van der Waals surface area contributed by atoms with Gasteiger partial charge in [0.1, 0.15) is 6.61 Å². The first kappa shape index (κ1) is 7.20. The fraction of sp³-hybridized carbons (Fsp3) is 0.500. The Hall–Kier alpha value is -0.910. The fourth-order valence-electron chi connectivity index (χ4n) is 0.412. The van der Waals surface area contributed by atoms with E-state index in [9.17, 15) is 13.2 Å². The van der Waals surface area contributed by atoms with Crippen molar-refractivity contribution in [1.82, 2.24) is 5.48 Å². The molecular formula is C4H3F3NO2. The molecule has 3 nitrogen and oxygen atoms in total. The Morgan fingerprint density at radius 1 is 1.60 bits per heavy atom. The number of halogens is 3. The summed E-state index contributed by atoms with van der Waals surface area (Å²) in [5.41, 5.74) is 1.88. The molecule has 0 aromatic heterocycles. The van der Waals surface area contributed by atoms with Crippen LogP contribution in [0.15, 0.2) is 5.88 Å². The third-order valence-electron chi connectivity index (χ3n) is 0.688. The van der Waals surface area contributed by atoms with Gasteiger partial charge in [-0.15, -0.1) is 13.2 Å². The normalized spacial score (nSPS) is 18.1. The van der Waals surface area contributed by atoms with Gasteiger partial charge >= 0.3 is 6.36 Å². The van der Waals surface area contributed by atoms with Gasteiger partial charge in [-0.25, -0.2) is 5.48 Å². The Morgan fingerprint density at radius 3 is 2.70 bits per heavy atom. The number of hydrogen-bond donors (Lipinski definition) is 1. The highest BCUT2D eigenvalue weighted by molar-refractivity contribution is 4.84. The Labute approximate surface area is 54.4 Å². The zero-order valence-electron chi connectivity index (χ0n) is 4.66. The largest absolute Gasteiger partial charge is 0.574 e. The molecule has 0 atom stereocenters. The third-order valence-corrected chi connectivity index (χ3v) is 0.688. The molecule has 0 spiro atoms. The van der Waals surface area contributed by atoms with E-state index in [0.29, 0.717) is 0 Å². The van der Waals surface area contributed by atoms with Crippen molar-refractivity contribution in [3.8, 4) is 0 Å². The predicted octanol–water partition coefficient (Wildman–Crippen LogP) is 0.702. The van der Waals surface area contributed by atoms with Gasteiger partial charge in [0.15, 0.2) is 0 Å².